The average molecular weight is 157 g/mol. The molecule has 1 nitrogen and oxygen atoms in total. The molecule has 0 amide bonds. The number of hydrogen-bond donors (Lipinski definition) is 0. The molecule has 0 aliphatic heterocycles. The smallest absolute Gasteiger partial charge is 0.0509 e. The molecule has 0 bridgehead atoms. The molecule has 0 saturated heterocycles. The van der Waals surface area contributed by atoms with Gasteiger partial charge in [0.2, 0.25) is 0 Å². The standard InChI is InChI=1S/C6H9NP2/c8-6(9)5-3-1-2-4-7-5/h1-4,6H,8-9H2. The summed E-state index contributed by atoms with van der Waals surface area (Å²) in [5, 5.41) is 0.381. The van der Waals surface area contributed by atoms with Crippen LogP contribution < -0.4 is 0 Å². The van der Waals surface area contributed by atoms with Crippen LogP contribution in [0.2, 0.25) is 0 Å². The summed E-state index contributed by atoms with van der Waals surface area (Å²) in [4.78, 5) is 4.14. The highest BCUT2D eigenvalue weighted by Gasteiger charge is 1.95. The van der Waals surface area contributed by atoms with Gasteiger partial charge in [-0.05, 0) is 12.1 Å². The zero-order valence-electron chi connectivity index (χ0n) is 4.99. The first kappa shape index (κ1) is 7.12. The summed E-state index contributed by atoms with van der Waals surface area (Å²) in [5.41, 5.74) is 1.09. The van der Waals surface area contributed by atoms with E-state index in [-0.39, 0.29) is 0 Å². The topological polar surface area (TPSA) is 12.9 Å². The van der Waals surface area contributed by atoms with Crippen LogP contribution in [0.5, 0.6) is 0 Å². The van der Waals surface area contributed by atoms with E-state index in [0.717, 1.165) is 5.69 Å². The van der Waals surface area contributed by atoms with Gasteiger partial charge < -0.3 is 0 Å². The Bertz CT molecular complexity index is 174. The van der Waals surface area contributed by atoms with Gasteiger partial charge in [-0.1, -0.05) is 6.07 Å². The van der Waals surface area contributed by atoms with E-state index in [1.54, 1.807) is 6.20 Å². The predicted octanol–water partition coefficient (Wildman–Crippen LogP) is 1.83. The zero-order chi connectivity index (χ0) is 6.69. The molecule has 0 fully saturated rings. The highest BCUT2D eigenvalue weighted by Crippen LogP contribution is 2.26. The average Bonchev–Trinajstić information content (AvgIpc) is 1.90. The van der Waals surface area contributed by atoms with E-state index < -0.39 is 0 Å². The summed E-state index contributed by atoms with van der Waals surface area (Å²) < 4.78 is 0. The summed E-state index contributed by atoms with van der Waals surface area (Å²) in [5.74, 6) is 0. The first-order valence-electron chi connectivity index (χ1n) is 2.73. The van der Waals surface area contributed by atoms with Crippen molar-refractivity contribution in [2.45, 2.75) is 5.40 Å². The third-order valence-corrected chi connectivity index (χ3v) is 1.71. The van der Waals surface area contributed by atoms with Crippen molar-refractivity contribution in [2.24, 2.45) is 0 Å². The van der Waals surface area contributed by atoms with Gasteiger partial charge in [0.05, 0.1) is 5.69 Å². The van der Waals surface area contributed by atoms with E-state index in [9.17, 15) is 0 Å². The van der Waals surface area contributed by atoms with Gasteiger partial charge >= 0.3 is 0 Å². The monoisotopic (exact) mass is 157 g/mol. The summed E-state index contributed by atoms with van der Waals surface area (Å²) in [6.45, 7) is 0. The minimum Gasteiger partial charge on any atom is -0.260 e. The molecule has 1 rings (SSSR count). The van der Waals surface area contributed by atoms with Crippen LogP contribution >= 0.6 is 18.5 Å². The Hall–Kier alpha value is 0.01000. The summed E-state index contributed by atoms with van der Waals surface area (Å²) in [6.07, 6.45) is 1.80. The van der Waals surface area contributed by atoms with Crippen LogP contribution in [-0.2, 0) is 0 Å². The van der Waals surface area contributed by atoms with Crippen LogP contribution in [-0.4, -0.2) is 4.98 Å². The number of nitrogens with zero attached hydrogens (tertiary/aromatic N) is 1. The molecule has 1 heterocycles. The molecule has 1 aromatic heterocycles. The molecule has 0 aromatic carbocycles. The van der Waals surface area contributed by atoms with E-state index in [0.29, 0.717) is 5.40 Å². The van der Waals surface area contributed by atoms with Crippen LogP contribution in [0.15, 0.2) is 24.4 Å². The number of aromatic nitrogens is 1. The van der Waals surface area contributed by atoms with Crippen molar-refractivity contribution in [2.75, 3.05) is 0 Å². The van der Waals surface area contributed by atoms with Crippen molar-refractivity contribution in [3.05, 3.63) is 30.1 Å². The van der Waals surface area contributed by atoms with Crippen LogP contribution in [0.4, 0.5) is 0 Å². The molecule has 1 aromatic rings. The molecule has 0 aliphatic rings. The highest BCUT2D eigenvalue weighted by atomic mass is 31.1. The van der Waals surface area contributed by atoms with Gasteiger partial charge in [0.1, 0.15) is 0 Å². The van der Waals surface area contributed by atoms with Crippen molar-refractivity contribution in [1.82, 2.24) is 4.98 Å². The van der Waals surface area contributed by atoms with E-state index in [1.807, 2.05) is 18.2 Å². The molecule has 0 saturated carbocycles. The maximum atomic E-state index is 4.14. The number of pyridine rings is 1. The lowest BCUT2D eigenvalue weighted by Gasteiger charge is -2.00. The van der Waals surface area contributed by atoms with Gasteiger partial charge in [0.25, 0.3) is 0 Å². The van der Waals surface area contributed by atoms with Gasteiger partial charge in [0, 0.05) is 11.6 Å². The van der Waals surface area contributed by atoms with Gasteiger partial charge in [0.15, 0.2) is 0 Å². The van der Waals surface area contributed by atoms with Gasteiger partial charge in [-0.25, -0.2) is 0 Å². The molecule has 0 aliphatic carbocycles. The minimum absolute atomic E-state index is 0.381. The molecule has 0 radical (unpaired) electrons. The summed E-state index contributed by atoms with van der Waals surface area (Å²) >= 11 is 0. The third kappa shape index (κ3) is 2.01. The Morgan fingerprint density at radius 1 is 1.33 bits per heavy atom. The summed E-state index contributed by atoms with van der Waals surface area (Å²) in [6, 6.07) is 5.91. The van der Waals surface area contributed by atoms with E-state index in [4.69, 9.17) is 0 Å². The first-order valence-corrected chi connectivity index (χ1v) is 4.06. The van der Waals surface area contributed by atoms with Gasteiger partial charge in [-0.2, -0.15) is 0 Å². The number of hydrogen-bond acceptors (Lipinski definition) is 1. The molecule has 2 unspecified atom stereocenters. The SMILES string of the molecule is PC(P)c1ccccn1. The zero-order valence-corrected chi connectivity index (χ0v) is 7.30. The van der Waals surface area contributed by atoms with E-state index >= 15 is 0 Å². The maximum Gasteiger partial charge on any atom is 0.0509 e. The Labute approximate surface area is 59.7 Å². The summed E-state index contributed by atoms with van der Waals surface area (Å²) in [7, 11) is 5.34. The maximum absolute atomic E-state index is 4.14. The fourth-order valence-corrected chi connectivity index (χ4v) is 0.967. The van der Waals surface area contributed by atoms with E-state index in [2.05, 4.69) is 23.5 Å². The van der Waals surface area contributed by atoms with Crippen LogP contribution in [0, 0.1) is 0 Å². The second kappa shape index (κ2) is 3.25. The quantitative estimate of drug-likeness (QED) is 0.566. The minimum atomic E-state index is 0.381. The molecular formula is C6H9NP2. The Morgan fingerprint density at radius 3 is 2.44 bits per heavy atom. The molecule has 0 N–H and O–H groups in total. The Balaban J connectivity index is 2.85. The predicted molar refractivity (Wildman–Crippen MR) is 46.4 cm³/mol. The van der Waals surface area contributed by atoms with Crippen molar-refractivity contribution in [3.63, 3.8) is 0 Å². The second-order valence-corrected chi connectivity index (χ2v) is 3.99. The molecule has 3 heteroatoms. The van der Waals surface area contributed by atoms with Crippen molar-refractivity contribution in [3.8, 4) is 0 Å². The molecule has 9 heavy (non-hydrogen) atoms. The Kier molecular flexibility index (Phi) is 2.57. The molecular weight excluding hydrogens is 148 g/mol. The van der Waals surface area contributed by atoms with Gasteiger partial charge in [-0.3, -0.25) is 4.98 Å². The van der Waals surface area contributed by atoms with Crippen molar-refractivity contribution < 1.29 is 0 Å². The second-order valence-electron chi connectivity index (χ2n) is 1.78. The Morgan fingerprint density at radius 2 is 2.11 bits per heavy atom. The molecule has 2 atom stereocenters. The number of rotatable bonds is 1. The van der Waals surface area contributed by atoms with Crippen molar-refractivity contribution >= 4 is 18.5 Å². The fraction of sp³-hybridized carbons (Fsp3) is 0.167. The van der Waals surface area contributed by atoms with Gasteiger partial charge in [-0.15, -0.1) is 18.5 Å². The lowest BCUT2D eigenvalue weighted by Crippen LogP contribution is -1.82. The van der Waals surface area contributed by atoms with Crippen LogP contribution in [0.1, 0.15) is 11.1 Å². The first-order chi connectivity index (χ1) is 4.30. The van der Waals surface area contributed by atoms with Crippen molar-refractivity contribution in [1.29, 1.82) is 0 Å². The third-order valence-electron chi connectivity index (χ3n) is 1.03. The normalized spacial score (nSPS) is 10.1. The van der Waals surface area contributed by atoms with Crippen LogP contribution in [0.3, 0.4) is 0 Å². The molecule has 48 valence electrons. The van der Waals surface area contributed by atoms with E-state index in [1.165, 1.54) is 0 Å². The lowest BCUT2D eigenvalue weighted by atomic mass is 10.4. The highest BCUT2D eigenvalue weighted by molar-refractivity contribution is 7.37. The fourth-order valence-electron chi connectivity index (χ4n) is 0.573. The lowest BCUT2D eigenvalue weighted by molar-refractivity contribution is 1.16. The van der Waals surface area contributed by atoms with Crippen LogP contribution in [0.25, 0.3) is 0 Å². The molecule has 0 spiro atoms. The largest absolute Gasteiger partial charge is 0.260 e.